The van der Waals surface area contributed by atoms with Crippen LogP contribution in [0, 0.1) is 5.41 Å². The SMILES string of the molecule is CC1(C)CC(NC(=O)c2cc(Cl)ccc2Cl)c2cc(C(=O)N3CCC4(CC3)CCN(c3ccncc3)CC4)ccc21. The number of amides is 2. The van der Waals surface area contributed by atoms with Crippen LogP contribution in [0.1, 0.15) is 83.8 Å². The van der Waals surface area contributed by atoms with E-state index < -0.39 is 0 Å². The zero-order chi connectivity index (χ0) is 28.8. The number of likely N-dealkylation sites (tertiary alicyclic amines) is 1. The van der Waals surface area contributed by atoms with Crippen LogP contribution < -0.4 is 10.2 Å². The van der Waals surface area contributed by atoms with Gasteiger partial charge in [0.2, 0.25) is 0 Å². The quantitative estimate of drug-likeness (QED) is 0.353. The van der Waals surface area contributed by atoms with Gasteiger partial charge in [0.15, 0.2) is 0 Å². The summed E-state index contributed by atoms with van der Waals surface area (Å²) in [5.41, 5.74) is 4.64. The molecule has 0 saturated carbocycles. The molecule has 0 bridgehead atoms. The molecule has 3 aromatic rings. The summed E-state index contributed by atoms with van der Waals surface area (Å²) in [5, 5.41) is 3.98. The van der Waals surface area contributed by atoms with Crippen LogP contribution >= 0.6 is 23.2 Å². The Kier molecular flexibility index (Phi) is 7.50. The van der Waals surface area contributed by atoms with Gasteiger partial charge in [0.25, 0.3) is 11.8 Å². The first-order chi connectivity index (χ1) is 19.6. The van der Waals surface area contributed by atoms with Gasteiger partial charge in [-0.2, -0.15) is 0 Å². The summed E-state index contributed by atoms with van der Waals surface area (Å²) in [6.07, 6.45) is 8.85. The minimum atomic E-state index is -0.265. The summed E-state index contributed by atoms with van der Waals surface area (Å²) in [5.74, 6) is -0.191. The molecule has 2 amide bonds. The largest absolute Gasteiger partial charge is 0.371 e. The predicted octanol–water partition coefficient (Wildman–Crippen LogP) is 7.06. The molecule has 1 spiro atoms. The van der Waals surface area contributed by atoms with Crippen LogP contribution in [0.25, 0.3) is 0 Å². The number of anilines is 1. The second kappa shape index (κ2) is 11.0. The second-order valence-electron chi connectivity index (χ2n) is 12.5. The Bertz CT molecular complexity index is 1460. The van der Waals surface area contributed by atoms with E-state index in [2.05, 4.69) is 47.2 Å². The molecule has 1 atom stereocenters. The van der Waals surface area contributed by atoms with Crippen molar-refractivity contribution in [1.82, 2.24) is 15.2 Å². The number of hydrogen-bond donors (Lipinski definition) is 1. The van der Waals surface area contributed by atoms with Crippen molar-refractivity contribution >= 4 is 40.7 Å². The molecule has 41 heavy (non-hydrogen) atoms. The maximum Gasteiger partial charge on any atom is 0.253 e. The molecule has 2 aromatic carbocycles. The Morgan fingerprint density at radius 2 is 1.59 bits per heavy atom. The maximum absolute atomic E-state index is 13.7. The summed E-state index contributed by atoms with van der Waals surface area (Å²) >= 11 is 12.4. The molecule has 8 heteroatoms. The predicted molar refractivity (Wildman–Crippen MR) is 164 cm³/mol. The number of hydrogen-bond acceptors (Lipinski definition) is 4. The summed E-state index contributed by atoms with van der Waals surface area (Å²) in [7, 11) is 0. The van der Waals surface area contributed by atoms with Crippen LogP contribution in [0.5, 0.6) is 0 Å². The maximum atomic E-state index is 13.7. The highest BCUT2D eigenvalue weighted by Gasteiger charge is 2.41. The molecule has 2 aliphatic heterocycles. The molecule has 6 rings (SSSR count). The van der Waals surface area contributed by atoms with Crippen LogP contribution in [0.2, 0.25) is 10.0 Å². The van der Waals surface area contributed by atoms with E-state index in [1.807, 2.05) is 29.4 Å². The van der Waals surface area contributed by atoms with E-state index in [0.29, 0.717) is 26.6 Å². The molecular weight excluding hydrogens is 555 g/mol. The molecule has 1 N–H and O–H groups in total. The van der Waals surface area contributed by atoms with E-state index in [-0.39, 0.29) is 23.3 Å². The van der Waals surface area contributed by atoms with Crippen molar-refractivity contribution in [1.29, 1.82) is 0 Å². The fourth-order valence-electron chi connectivity index (χ4n) is 7.03. The lowest BCUT2D eigenvalue weighted by Crippen LogP contribution is -2.48. The molecule has 0 radical (unpaired) electrons. The highest BCUT2D eigenvalue weighted by molar-refractivity contribution is 6.35. The first kappa shape index (κ1) is 28.0. The number of pyridine rings is 1. The molecule has 3 heterocycles. The van der Waals surface area contributed by atoms with Gasteiger partial charge >= 0.3 is 0 Å². The third-order valence-electron chi connectivity index (χ3n) is 9.56. The number of nitrogens with zero attached hydrogens (tertiary/aromatic N) is 3. The highest BCUT2D eigenvalue weighted by Crippen LogP contribution is 2.46. The van der Waals surface area contributed by atoms with Gasteiger partial charge in [-0.25, -0.2) is 0 Å². The number of nitrogens with one attached hydrogen (secondary N) is 1. The lowest BCUT2D eigenvalue weighted by molar-refractivity contribution is 0.0515. The number of fused-ring (bicyclic) bond motifs is 1. The van der Waals surface area contributed by atoms with Crippen molar-refractivity contribution in [3.63, 3.8) is 0 Å². The number of carbonyl (C=O) groups is 2. The lowest BCUT2D eigenvalue weighted by atomic mass is 9.71. The van der Waals surface area contributed by atoms with Crippen LogP contribution in [0.15, 0.2) is 60.9 Å². The first-order valence-electron chi connectivity index (χ1n) is 14.5. The number of rotatable bonds is 4. The van der Waals surface area contributed by atoms with Crippen LogP contribution in [0.3, 0.4) is 0 Å². The standard InChI is InChI=1S/C33H36Cl2N4O2/c1-32(2)21-29(37-30(40)26-20-23(34)4-6-28(26)35)25-19-22(3-5-27(25)32)31(41)39-17-11-33(12-18-39)9-15-38(16-10-33)24-7-13-36-14-8-24/h3-8,13-14,19-20,29H,9-12,15-18,21H2,1-2H3,(H,37,40). The minimum Gasteiger partial charge on any atom is -0.371 e. The monoisotopic (exact) mass is 590 g/mol. The number of aromatic nitrogens is 1. The minimum absolute atomic E-state index is 0.0736. The lowest BCUT2D eigenvalue weighted by Gasteiger charge is -2.47. The normalized spacial score (nSPS) is 21.0. The number of halogens is 2. The van der Waals surface area contributed by atoms with Crippen LogP contribution in [-0.2, 0) is 5.41 Å². The summed E-state index contributed by atoms with van der Waals surface area (Å²) in [4.78, 5) is 35.5. The molecule has 2 saturated heterocycles. The average molecular weight is 592 g/mol. The van der Waals surface area contributed by atoms with Crippen molar-refractivity contribution in [2.24, 2.45) is 5.41 Å². The van der Waals surface area contributed by atoms with Crippen molar-refractivity contribution in [2.45, 2.75) is 57.4 Å². The fraction of sp³-hybridized carbons (Fsp3) is 0.424. The third-order valence-corrected chi connectivity index (χ3v) is 10.1. The number of piperidine rings is 2. The Hall–Kier alpha value is -3.09. The van der Waals surface area contributed by atoms with Gasteiger partial charge < -0.3 is 15.1 Å². The van der Waals surface area contributed by atoms with Gasteiger partial charge in [-0.1, -0.05) is 43.1 Å². The van der Waals surface area contributed by atoms with Gasteiger partial charge in [0.1, 0.15) is 0 Å². The Morgan fingerprint density at radius 3 is 2.29 bits per heavy atom. The molecule has 3 aliphatic rings. The highest BCUT2D eigenvalue weighted by atomic mass is 35.5. The van der Waals surface area contributed by atoms with Gasteiger partial charge in [0, 0.05) is 54.8 Å². The zero-order valence-electron chi connectivity index (χ0n) is 23.6. The Labute approximate surface area is 252 Å². The topological polar surface area (TPSA) is 65.5 Å². The van der Waals surface area contributed by atoms with E-state index in [1.54, 1.807) is 18.2 Å². The third kappa shape index (κ3) is 5.56. The van der Waals surface area contributed by atoms with Crippen molar-refractivity contribution in [3.8, 4) is 0 Å². The van der Waals surface area contributed by atoms with Gasteiger partial charge in [-0.05, 0) is 96.5 Å². The average Bonchev–Trinajstić information content (AvgIpc) is 3.23. The van der Waals surface area contributed by atoms with Crippen molar-refractivity contribution in [2.75, 3.05) is 31.1 Å². The van der Waals surface area contributed by atoms with Gasteiger partial charge in [0.05, 0.1) is 16.6 Å². The molecule has 1 unspecified atom stereocenters. The first-order valence-corrected chi connectivity index (χ1v) is 15.2. The zero-order valence-corrected chi connectivity index (χ0v) is 25.1. The molecule has 6 nitrogen and oxygen atoms in total. The van der Waals surface area contributed by atoms with Crippen LogP contribution in [-0.4, -0.2) is 47.9 Å². The molecule has 214 valence electrons. The fourth-order valence-corrected chi connectivity index (χ4v) is 7.40. The van der Waals surface area contributed by atoms with Gasteiger partial charge in [-0.15, -0.1) is 0 Å². The summed E-state index contributed by atoms with van der Waals surface area (Å²) in [6.45, 7) is 8.01. The number of carbonyl (C=O) groups excluding carboxylic acids is 2. The van der Waals surface area contributed by atoms with Crippen LogP contribution in [0.4, 0.5) is 5.69 Å². The second-order valence-corrected chi connectivity index (χ2v) is 13.4. The van der Waals surface area contributed by atoms with E-state index in [1.165, 1.54) is 5.69 Å². The van der Waals surface area contributed by atoms with E-state index in [0.717, 1.165) is 69.4 Å². The summed E-state index contributed by atoms with van der Waals surface area (Å²) in [6, 6.07) is 14.9. The molecular formula is C33H36Cl2N4O2. The summed E-state index contributed by atoms with van der Waals surface area (Å²) < 4.78 is 0. The Morgan fingerprint density at radius 1 is 0.902 bits per heavy atom. The molecule has 1 aromatic heterocycles. The van der Waals surface area contributed by atoms with Crippen molar-refractivity contribution < 1.29 is 9.59 Å². The van der Waals surface area contributed by atoms with E-state index in [4.69, 9.17) is 23.2 Å². The smallest absolute Gasteiger partial charge is 0.253 e. The van der Waals surface area contributed by atoms with E-state index in [9.17, 15) is 9.59 Å². The molecule has 2 fully saturated rings. The van der Waals surface area contributed by atoms with E-state index >= 15 is 0 Å². The molecule has 1 aliphatic carbocycles. The van der Waals surface area contributed by atoms with Crippen molar-refractivity contribution in [3.05, 3.63) is 93.2 Å². The Balaban J connectivity index is 1.13. The van der Waals surface area contributed by atoms with Gasteiger partial charge in [-0.3, -0.25) is 14.6 Å². The number of benzene rings is 2.